The van der Waals surface area contributed by atoms with E-state index < -0.39 is 6.04 Å². The highest BCUT2D eigenvalue weighted by Crippen LogP contribution is 2.17. The molecule has 1 unspecified atom stereocenters. The zero-order valence-corrected chi connectivity index (χ0v) is 11.5. The van der Waals surface area contributed by atoms with Crippen LogP contribution in [0.1, 0.15) is 17.3 Å². The van der Waals surface area contributed by atoms with Crippen LogP contribution in [0, 0.1) is 0 Å². The third-order valence-electron chi connectivity index (χ3n) is 3.37. The van der Waals surface area contributed by atoms with Gasteiger partial charge in [0, 0.05) is 38.4 Å². The smallest absolute Gasteiger partial charge is 0.254 e. The third kappa shape index (κ3) is 2.70. The molecule has 1 N–H and O–H groups in total. The lowest BCUT2D eigenvalue weighted by Crippen LogP contribution is -2.55. The number of carbonyl (C=O) groups excluding carboxylic acids is 2. The van der Waals surface area contributed by atoms with Crippen LogP contribution in [-0.2, 0) is 4.79 Å². The lowest BCUT2D eigenvalue weighted by atomic mass is 10.1. The summed E-state index contributed by atoms with van der Waals surface area (Å²) < 4.78 is 0. The number of amides is 2. The Labute approximate surface area is 113 Å². The number of hydrogen-bond acceptors (Lipinski definition) is 3. The molecular formula is C14H19N3O2. The molecule has 0 aromatic heterocycles. The molecule has 0 aliphatic carbocycles. The number of nitrogens with one attached hydrogen (secondary N) is 1. The normalized spacial score (nSPS) is 19.0. The number of hydrogen-bond donors (Lipinski definition) is 1. The maximum atomic E-state index is 12.5. The van der Waals surface area contributed by atoms with Crippen LogP contribution < -0.4 is 10.2 Å². The summed E-state index contributed by atoms with van der Waals surface area (Å²) in [5.41, 5.74) is 1.59. The summed E-state index contributed by atoms with van der Waals surface area (Å²) in [5.74, 6) is -0.186. The Morgan fingerprint density at radius 3 is 2.84 bits per heavy atom. The van der Waals surface area contributed by atoms with Crippen molar-refractivity contribution in [3.63, 3.8) is 0 Å². The number of carbonyl (C=O) groups is 2. The van der Waals surface area contributed by atoms with E-state index in [0.717, 1.165) is 5.69 Å². The fourth-order valence-electron chi connectivity index (χ4n) is 2.14. The van der Waals surface area contributed by atoms with Crippen molar-refractivity contribution in [2.24, 2.45) is 0 Å². The molecule has 0 bridgehead atoms. The number of anilines is 1. The predicted molar refractivity (Wildman–Crippen MR) is 74.3 cm³/mol. The molecule has 0 spiro atoms. The van der Waals surface area contributed by atoms with Gasteiger partial charge < -0.3 is 15.1 Å². The SMILES string of the molecule is CC1C(=O)NCCN1C(=O)c1cccc(N(C)C)c1. The summed E-state index contributed by atoms with van der Waals surface area (Å²) in [6.45, 7) is 2.82. The number of nitrogens with zero attached hydrogens (tertiary/aromatic N) is 2. The van der Waals surface area contributed by atoms with Gasteiger partial charge in [0.15, 0.2) is 0 Å². The molecule has 2 amide bonds. The molecule has 1 aromatic rings. The van der Waals surface area contributed by atoms with Gasteiger partial charge in [-0.3, -0.25) is 9.59 Å². The van der Waals surface area contributed by atoms with Crippen LogP contribution >= 0.6 is 0 Å². The highest BCUT2D eigenvalue weighted by atomic mass is 16.2. The van der Waals surface area contributed by atoms with E-state index in [9.17, 15) is 9.59 Å². The van der Waals surface area contributed by atoms with E-state index >= 15 is 0 Å². The van der Waals surface area contributed by atoms with Crippen molar-refractivity contribution in [1.82, 2.24) is 10.2 Å². The van der Waals surface area contributed by atoms with Gasteiger partial charge >= 0.3 is 0 Å². The van der Waals surface area contributed by atoms with Crippen molar-refractivity contribution in [2.45, 2.75) is 13.0 Å². The first-order valence-corrected chi connectivity index (χ1v) is 6.37. The number of piperazine rings is 1. The van der Waals surface area contributed by atoms with E-state index in [-0.39, 0.29) is 11.8 Å². The first kappa shape index (κ1) is 13.4. The largest absolute Gasteiger partial charge is 0.378 e. The van der Waals surface area contributed by atoms with Gasteiger partial charge in [0.2, 0.25) is 5.91 Å². The zero-order chi connectivity index (χ0) is 14.0. The van der Waals surface area contributed by atoms with Crippen molar-refractivity contribution < 1.29 is 9.59 Å². The minimum atomic E-state index is -0.413. The molecule has 1 aromatic carbocycles. The fourth-order valence-corrected chi connectivity index (χ4v) is 2.14. The number of rotatable bonds is 2. The third-order valence-corrected chi connectivity index (χ3v) is 3.37. The topological polar surface area (TPSA) is 52.7 Å². The van der Waals surface area contributed by atoms with E-state index in [1.165, 1.54) is 0 Å². The molecular weight excluding hydrogens is 242 g/mol. The Balaban J connectivity index is 2.23. The first-order chi connectivity index (χ1) is 9.00. The van der Waals surface area contributed by atoms with E-state index in [0.29, 0.717) is 18.7 Å². The molecule has 5 heteroatoms. The van der Waals surface area contributed by atoms with Crippen LogP contribution in [0.25, 0.3) is 0 Å². The molecule has 2 rings (SSSR count). The van der Waals surface area contributed by atoms with Crippen LogP contribution in [0.15, 0.2) is 24.3 Å². The molecule has 1 atom stereocenters. The van der Waals surface area contributed by atoms with E-state index in [1.807, 2.05) is 37.2 Å². The average Bonchev–Trinajstić information content (AvgIpc) is 2.41. The zero-order valence-electron chi connectivity index (χ0n) is 11.5. The Morgan fingerprint density at radius 2 is 2.16 bits per heavy atom. The minimum absolute atomic E-state index is 0.0916. The van der Waals surface area contributed by atoms with Crippen molar-refractivity contribution in [2.75, 3.05) is 32.1 Å². The van der Waals surface area contributed by atoms with E-state index in [2.05, 4.69) is 5.32 Å². The van der Waals surface area contributed by atoms with Gasteiger partial charge in [0.05, 0.1) is 0 Å². The van der Waals surface area contributed by atoms with Crippen molar-refractivity contribution in [3.05, 3.63) is 29.8 Å². The van der Waals surface area contributed by atoms with Crippen LogP contribution in [0.2, 0.25) is 0 Å². The Morgan fingerprint density at radius 1 is 1.42 bits per heavy atom. The molecule has 1 aliphatic rings. The molecule has 19 heavy (non-hydrogen) atoms. The maximum absolute atomic E-state index is 12.5. The van der Waals surface area contributed by atoms with Gasteiger partial charge in [-0.15, -0.1) is 0 Å². The van der Waals surface area contributed by atoms with Gasteiger partial charge in [0.1, 0.15) is 6.04 Å². The molecule has 1 aliphatic heterocycles. The molecule has 0 saturated carbocycles. The summed E-state index contributed by atoms with van der Waals surface area (Å²) in [5, 5.41) is 2.76. The molecule has 102 valence electrons. The van der Waals surface area contributed by atoms with Gasteiger partial charge in [-0.05, 0) is 25.1 Å². The Hall–Kier alpha value is -2.04. The summed E-state index contributed by atoms with van der Waals surface area (Å²) in [6, 6.07) is 7.03. The van der Waals surface area contributed by atoms with Gasteiger partial charge in [-0.25, -0.2) is 0 Å². The van der Waals surface area contributed by atoms with E-state index in [4.69, 9.17) is 0 Å². The summed E-state index contributed by atoms with van der Waals surface area (Å²) in [6.07, 6.45) is 0. The second-order valence-corrected chi connectivity index (χ2v) is 4.91. The molecule has 0 radical (unpaired) electrons. The average molecular weight is 261 g/mol. The molecule has 1 saturated heterocycles. The lowest BCUT2D eigenvalue weighted by Gasteiger charge is -2.33. The van der Waals surface area contributed by atoms with Crippen LogP contribution in [0.4, 0.5) is 5.69 Å². The quantitative estimate of drug-likeness (QED) is 0.853. The fraction of sp³-hybridized carbons (Fsp3) is 0.429. The lowest BCUT2D eigenvalue weighted by molar-refractivity contribution is -0.127. The Kier molecular flexibility index (Phi) is 3.74. The second kappa shape index (κ2) is 5.30. The van der Waals surface area contributed by atoms with E-state index in [1.54, 1.807) is 17.9 Å². The Bertz CT molecular complexity index is 499. The maximum Gasteiger partial charge on any atom is 0.254 e. The van der Waals surface area contributed by atoms with Crippen LogP contribution in [-0.4, -0.2) is 49.9 Å². The monoisotopic (exact) mass is 261 g/mol. The summed E-state index contributed by atoms with van der Waals surface area (Å²) in [7, 11) is 3.86. The van der Waals surface area contributed by atoms with Crippen molar-refractivity contribution in [1.29, 1.82) is 0 Å². The highest BCUT2D eigenvalue weighted by molar-refractivity contribution is 5.98. The van der Waals surface area contributed by atoms with Crippen LogP contribution in [0.5, 0.6) is 0 Å². The first-order valence-electron chi connectivity index (χ1n) is 6.37. The molecule has 1 heterocycles. The van der Waals surface area contributed by atoms with Gasteiger partial charge in [-0.2, -0.15) is 0 Å². The van der Waals surface area contributed by atoms with Crippen molar-refractivity contribution in [3.8, 4) is 0 Å². The van der Waals surface area contributed by atoms with Gasteiger partial charge in [0.25, 0.3) is 5.91 Å². The summed E-state index contributed by atoms with van der Waals surface area (Å²) in [4.78, 5) is 27.6. The van der Waals surface area contributed by atoms with Crippen LogP contribution in [0.3, 0.4) is 0 Å². The summed E-state index contributed by atoms with van der Waals surface area (Å²) >= 11 is 0. The standard InChI is InChI=1S/C14H19N3O2/c1-10-13(18)15-7-8-17(10)14(19)11-5-4-6-12(9-11)16(2)3/h4-6,9-10H,7-8H2,1-3H3,(H,15,18). The number of benzene rings is 1. The predicted octanol–water partition coefficient (Wildman–Crippen LogP) is 0.713. The highest BCUT2D eigenvalue weighted by Gasteiger charge is 2.29. The van der Waals surface area contributed by atoms with Crippen molar-refractivity contribution >= 4 is 17.5 Å². The minimum Gasteiger partial charge on any atom is -0.378 e. The second-order valence-electron chi connectivity index (χ2n) is 4.91. The molecule has 5 nitrogen and oxygen atoms in total. The molecule has 1 fully saturated rings. The van der Waals surface area contributed by atoms with Gasteiger partial charge in [-0.1, -0.05) is 6.07 Å².